The van der Waals surface area contributed by atoms with E-state index in [1.807, 2.05) is 0 Å². The van der Waals surface area contributed by atoms with Crippen molar-refractivity contribution in [3.8, 4) is 17.2 Å². The van der Waals surface area contributed by atoms with E-state index in [4.69, 9.17) is 18.9 Å². The third-order valence-corrected chi connectivity index (χ3v) is 6.80. The quantitative estimate of drug-likeness (QED) is 0.324. The second-order valence-electron chi connectivity index (χ2n) is 6.77. The molecule has 1 fully saturated rings. The summed E-state index contributed by atoms with van der Waals surface area (Å²) in [4.78, 5) is 10.8. The molecule has 1 N–H and O–H groups in total. The van der Waals surface area contributed by atoms with Crippen LogP contribution in [-0.4, -0.2) is 71.5 Å². The van der Waals surface area contributed by atoms with Gasteiger partial charge in [0.2, 0.25) is 10.0 Å². The van der Waals surface area contributed by atoms with Crippen molar-refractivity contribution in [1.29, 1.82) is 0 Å². The van der Waals surface area contributed by atoms with E-state index >= 15 is 0 Å². The highest BCUT2D eigenvalue weighted by Crippen LogP contribution is 2.33. The van der Waals surface area contributed by atoms with Crippen LogP contribution in [0, 0.1) is 10.1 Å². The summed E-state index contributed by atoms with van der Waals surface area (Å²) in [6, 6.07) is 6.88. The van der Waals surface area contributed by atoms with Gasteiger partial charge in [0, 0.05) is 31.3 Å². The number of benzene rings is 2. The third kappa shape index (κ3) is 5.32. The zero-order chi connectivity index (χ0) is 24.0. The molecule has 3 rings (SSSR count). The summed E-state index contributed by atoms with van der Waals surface area (Å²) in [5, 5.41) is 15.7. The lowest BCUT2D eigenvalue weighted by Gasteiger charge is -2.26. The maximum atomic E-state index is 12.8. The van der Waals surface area contributed by atoms with Crippen LogP contribution in [0.1, 0.15) is 5.56 Å². The van der Waals surface area contributed by atoms with Gasteiger partial charge in [-0.1, -0.05) is 0 Å². The normalized spacial score (nSPS) is 14.8. The summed E-state index contributed by atoms with van der Waals surface area (Å²) >= 11 is 0. The van der Waals surface area contributed by atoms with Crippen LogP contribution < -0.4 is 19.6 Å². The Morgan fingerprint density at radius 1 is 1.09 bits per heavy atom. The highest BCUT2D eigenvalue weighted by atomic mass is 32.2. The second-order valence-corrected chi connectivity index (χ2v) is 8.71. The lowest BCUT2D eigenvalue weighted by Crippen LogP contribution is -2.40. The van der Waals surface area contributed by atoms with Crippen molar-refractivity contribution >= 4 is 27.6 Å². The molecule has 0 radical (unpaired) electrons. The Morgan fingerprint density at radius 3 is 2.27 bits per heavy atom. The number of methoxy groups -OCH3 is 3. The first-order chi connectivity index (χ1) is 15.8. The number of nitro groups is 1. The number of hydrazone groups is 1. The van der Waals surface area contributed by atoms with Gasteiger partial charge in [0.1, 0.15) is 22.9 Å². The smallest absolute Gasteiger partial charge is 0.295 e. The number of rotatable bonds is 9. The molecule has 0 amide bonds. The molecular formula is C20H24N4O8S. The molecule has 12 nitrogen and oxygen atoms in total. The van der Waals surface area contributed by atoms with Gasteiger partial charge in [0.25, 0.3) is 5.69 Å². The molecule has 1 heterocycles. The highest BCUT2D eigenvalue weighted by Gasteiger charge is 2.28. The van der Waals surface area contributed by atoms with Crippen molar-refractivity contribution in [2.24, 2.45) is 5.10 Å². The van der Waals surface area contributed by atoms with Crippen LogP contribution >= 0.6 is 0 Å². The molecule has 1 saturated heterocycles. The number of nitrogens with one attached hydrogen (secondary N) is 1. The van der Waals surface area contributed by atoms with Crippen LogP contribution in [0.15, 0.2) is 40.3 Å². The van der Waals surface area contributed by atoms with E-state index in [-0.39, 0.29) is 36.9 Å². The van der Waals surface area contributed by atoms with Crippen molar-refractivity contribution in [3.05, 3.63) is 46.0 Å². The van der Waals surface area contributed by atoms with Crippen molar-refractivity contribution in [2.45, 2.75) is 4.90 Å². The van der Waals surface area contributed by atoms with Gasteiger partial charge >= 0.3 is 0 Å². The topological polar surface area (TPSA) is 142 Å². The average Bonchev–Trinajstić information content (AvgIpc) is 2.84. The number of nitrogens with zero attached hydrogens (tertiary/aromatic N) is 3. The van der Waals surface area contributed by atoms with E-state index in [1.54, 1.807) is 12.1 Å². The standard InChI is InChI=1S/C20H24N4O8S/c1-29-14-10-19(30-2)16(20(11-14)31-3)13-21-22-17-5-4-15(12-18(17)24(25)26)33(27,28)23-6-8-32-9-7-23/h4-5,10-13,22H,6-9H2,1-3H3/b21-13+. The van der Waals surface area contributed by atoms with Gasteiger partial charge in [-0.3, -0.25) is 15.5 Å². The number of hydrogen-bond donors (Lipinski definition) is 1. The molecule has 1 aliphatic heterocycles. The van der Waals surface area contributed by atoms with E-state index in [0.29, 0.717) is 22.8 Å². The maximum Gasteiger partial charge on any atom is 0.295 e. The third-order valence-electron chi connectivity index (χ3n) is 4.91. The predicted octanol–water partition coefficient (Wildman–Crippen LogP) is 2.09. The number of ether oxygens (including phenoxy) is 4. The van der Waals surface area contributed by atoms with Gasteiger partial charge in [-0.2, -0.15) is 9.41 Å². The first-order valence-electron chi connectivity index (χ1n) is 9.77. The molecular weight excluding hydrogens is 456 g/mol. The van der Waals surface area contributed by atoms with Crippen molar-refractivity contribution in [1.82, 2.24) is 4.31 Å². The fourth-order valence-electron chi connectivity index (χ4n) is 3.18. The van der Waals surface area contributed by atoms with Gasteiger partial charge in [-0.15, -0.1) is 0 Å². The monoisotopic (exact) mass is 480 g/mol. The lowest BCUT2D eigenvalue weighted by atomic mass is 10.2. The predicted molar refractivity (Wildman–Crippen MR) is 120 cm³/mol. The summed E-state index contributed by atoms with van der Waals surface area (Å²) in [6.45, 7) is 0.916. The van der Waals surface area contributed by atoms with Crippen molar-refractivity contribution in [3.63, 3.8) is 0 Å². The minimum atomic E-state index is -3.89. The molecule has 2 aromatic rings. The zero-order valence-electron chi connectivity index (χ0n) is 18.3. The van der Waals surface area contributed by atoms with Crippen molar-refractivity contribution < 1.29 is 32.3 Å². The fraction of sp³-hybridized carbons (Fsp3) is 0.350. The minimum Gasteiger partial charge on any atom is -0.496 e. The fourth-order valence-corrected chi connectivity index (χ4v) is 4.61. The maximum absolute atomic E-state index is 12.8. The molecule has 13 heteroatoms. The van der Waals surface area contributed by atoms with E-state index in [1.165, 1.54) is 44.0 Å². The Bertz CT molecular complexity index is 1120. The summed E-state index contributed by atoms with van der Waals surface area (Å²) in [7, 11) is 0.560. The minimum absolute atomic E-state index is 0.0172. The van der Waals surface area contributed by atoms with Gasteiger partial charge in [-0.25, -0.2) is 8.42 Å². The molecule has 2 aromatic carbocycles. The Balaban J connectivity index is 1.89. The number of hydrogen-bond acceptors (Lipinski definition) is 10. The largest absolute Gasteiger partial charge is 0.496 e. The van der Waals surface area contributed by atoms with E-state index in [0.717, 1.165) is 6.07 Å². The average molecular weight is 480 g/mol. The zero-order valence-corrected chi connectivity index (χ0v) is 19.1. The van der Waals surface area contributed by atoms with Gasteiger partial charge in [0.05, 0.1) is 56.1 Å². The molecule has 0 unspecified atom stereocenters. The summed E-state index contributed by atoms with van der Waals surface area (Å²) in [5.74, 6) is 1.35. The molecule has 0 spiro atoms. The highest BCUT2D eigenvalue weighted by molar-refractivity contribution is 7.89. The Morgan fingerprint density at radius 2 is 1.73 bits per heavy atom. The number of nitro benzene ring substituents is 1. The van der Waals surface area contributed by atoms with Gasteiger partial charge in [0.15, 0.2) is 0 Å². The first-order valence-corrected chi connectivity index (χ1v) is 11.2. The molecule has 0 aromatic heterocycles. The SMILES string of the molecule is COc1cc(OC)c(/C=N/Nc2ccc(S(=O)(=O)N3CCOCC3)cc2[N+](=O)[O-])c(OC)c1. The summed E-state index contributed by atoms with van der Waals surface area (Å²) in [6.07, 6.45) is 1.37. The molecule has 0 aliphatic carbocycles. The van der Waals surface area contributed by atoms with E-state index in [9.17, 15) is 18.5 Å². The summed E-state index contributed by atoms with van der Waals surface area (Å²) in [5.41, 5.74) is 2.65. The lowest BCUT2D eigenvalue weighted by molar-refractivity contribution is -0.384. The van der Waals surface area contributed by atoms with Gasteiger partial charge < -0.3 is 18.9 Å². The Labute approximate surface area is 190 Å². The molecule has 178 valence electrons. The molecule has 0 bridgehead atoms. The molecule has 33 heavy (non-hydrogen) atoms. The number of anilines is 1. The molecule has 0 atom stereocenters. The number of sulfonamides is 1. The van der Waals surface area contributed by atoms with Crippen molar-refractivity contribution in [2.75, 3.05) is 53.1 Å². The first kappa shape index (κ1) is 24.2. The molecule has 0 saturated carbocycles. The van der Waals surface area contributed by atoms with Crippen LogP contribution in [0.25, 0.3) is 0 Å². The van der Waals surface area contributed by atoms with Crippen LogP contribution in [0.5, 0.6) is 17.2 Å². The van der Waals surface area contributed by atoms with Crippen LogP contribution in [0.3, 0.4) is 0 Å². The second kappa shape index (κ2) is 10.5. The van der Waals surface area contributed by atoms with Crippen LogP contribution in [0.2, 0.25) is 0 Å². The van der Waals surface area contributed by atoms with E-state index < -0.39 is 20.6 Å². The van der Waals surface area contributed by atoms with Crippen LogP contribution in [-0.2, 0) is 14.8 Å². The number of morpholine rings is 1. The summed E-state index contributed by atoms with van der Waals surface area (Å²) < 4.78 is 47.9. The van der Waals surface area contributed by atoms with Crippen LogP contribution in [0.4, 0.5) is 11.4 Å². The van der Waals surface area contributed by atoms with Gasteiger partial charge in [-0.05, 0) is 12.1 Å². The Kier molecular flexibility index (Phi) is 7.68. The Hall–Kier alpha value is -3.42. The molecule has 1 aliphatic rings. The van der Waals surface area contributed by atoms with E-state index in [2.05, 4.69) is 10.5 Å².